The Morgan fingerprint density at radius 2 is 1.72 bits per heavy atom. The van der Waals surface area contributed by atoms with Gasteiger partial charge in [-0.05, 0) is 25.2 Å². The van der Waals surface area contributed by atoms with Crippen molar-refractivity contribution < 1.29 is 17.9 Å². The van der Waals surface area contributed by atoms with Crippen LogP contribution in [0.2, 0.25) is 5.02 Å². The van der Waals surface area contributed by atoms with Gasteiger partial charge >= 0.3 is 0 Å². The average molecular weight is 388 g/mol. The van der Waals surface area contributed by atoms with Gasteiger partial charge in [0.25, 0.3) is 5.91 Å². The summed E-state index contributed by atoms with van der Waals surface area (Å²) in [6.45, 7) is 4.15. The molecule has 2 fully saturated rings. The summed E-state index contributed by atoms with van der Waals surface area (Å²) in [6.07, 6.45) is 0. The van der Waals surface area contributed by atoms with Crippen molar-refractivity contribution in [1.29, 1.82) is 0 Å². The van der Waals surface area contributed by atoms with Crippen LogP contribution >= 0.6 is 11.6 Å². The lowest BCUT2D eigenvalue weighted by atomic mass is 10.2. The Labute approximate surface area is 153 Å². The van der Waals surface area contributed by atoms with Gasteiger partial charge in [0.1, 0.15) is 4.90 Å². The topological polar surface area (TPSA) is 70.2 Å². The highest BCUT2D eigenvalue weighted by Gasteiger charge is 2.30. The first-order valence-corrected chi connectivity index (χ1v) is 10.1. The smallest absolute Gasteiger partial charge is 0.254 e. The fourth-order valence-corrected chi connectivity index (χ4v) is 4.87. The van der Waals surface area contributed by atoms with E-state index in [1.807, 2.05) is 7.05 Å². The first kappa shape index (κ1) is 18.6. The molecule has 1 amide bonds. The fraction of sp³-hybridized carbons (Fsp3) is 0.562. The molecular formula is C16H22ClN3O4S. The van der Waals surface area contributed by atoms with E-state index < -0.39 is 10.0 Å². The Hall–Kier alpha value is -1.19. The van der Waals surface area contributed by atoms with E-state index in [-0.39, 0.29) is 15.8 Å². The third-order valence-electron chi connectivity index (χ3n) is 4.56. The third kappa shape index (κ3) is 3.98. The van der Waals surface area contributed by atoms with Crippen LogP contribution in [0, 0.1) is 0 Å². The molecule has 2 aliphatic heterocycles. The van der Waals surface area contributed by atoms with Crippen molar-refractivity contribution in [3.8, 4) is 0 Å². The zero-order valence-electron chi connectivity index (χ0n) is 14.1. The molecule has 3 rings (SSSR count). The lowest BCUT2D eigenvalue weighted by Gasteiger charge is -2.32. The van der Waals surface area contributed by atoms with E-state index in [4.69, 9.17) is 16.3 Å². The molecule has 0 aromatic heterocycles. The van der Waals surface area contributed by atoms with Gasteiger partial charge in [0.2, 0.25) is 10.0 Å². The summed E-state index contributed by atoms with van der Waals surface area (Å²) in [4.78, 5) is 16.4. The summed E-state index contributed by atoms with van der Waals surface area (Å²) in [7, 11) is -1.77. The number of nitrogens with zero attached hydrogens (tertiary/aromatic N) is 3. The van der Waals surface area contributed by atoms with E-state index in [9.17, 15) is 13.2 Å². The van der Waals surface area contributed by atoms with Crippen LogP contribution in [0.4, 0.5) is 0 Å². The molecule has 0 bridgehead atoms. The van der Waals surface area contributed by atoms with Crippen molar-refractivity contribution in [2.24, 2.45) is 0 Å². The molecule has 0 atom stereocenters. The maximum atomic E-state index is 12.9. The van der Waals surface area contributed by atoms with Crippen LogP contribution in [0.15, 0.2) is 23.1 Å². The van der Waals surface area contributed by atoms with E-state index in [0.717, 1.165) is 0 Å². The number of sulfonamides is 1. The van der Waals surface area contributed by atoms with Crippen molar-refractivity contribution in [3.63, 3.8) is 0 Å². The molecule has 138 valence electrons. The highest BCUT2D eigenvalue weighted by Crippen LogP contribution is 2.27. The van der Waals surface area contributed by atoms with Gasteiger partial charge < -0.3 is 14.5 Å². The number of carbonyl (C=O) groups excluding carboxylic acids is 1. The zero-order chi connectivity index (χ0) is 18.0. The summed E-state index contributed by atoms with van der Waals surface area (Å²) < 4.78 is 32.6. The molecule has 0 spiro atoms. The maximum Gasteiger partial charge on any atom is 0.254 e. The van der Waals surface area contributed by atoms with Crippen molar-refractivity contribution in [2.75, 3.05) is 59.5 Å². The van der Waals surface area contributed by atoms with Crippen LogP contribution in [0.25, 0.3) is 0 Å². The highest BCUT2D eigenvalue weighted by molar-refractivity contribution is 7.89. The number of benzene rings is 1. The Kier molecular flexibility index (Phi) is 5.65. The summed E-state index contributed by atoms with van der Waals surface area (Å²) in [5.41, 5.74) is 0.332. The maximum absolute atomic E-state index is 12.9. The monoisotopic (exact) mass is 387 g/mol. The van der Waals surface area contributed by atoms with Gasteiger partial charge in [0.15, 0.2) is 0 Å². The Balaban J connectivity index is 1.87. The predicted octanol–water partition coefficient (Wildman–Crippen LogP) is 0.749. The predicted molar refractivity (Wildman–Crippen MR) is 94.4 cm³/mol. The fourth-order valence-electron chi connectivity index (χ4n) is 2.95. The molecule has 1 aromatic rings. The number of piperazine rings is 1. The minimum Gasteiger partial charge on any atom is -0.378 e. The Morgan fingerprint density at radius 1 is 1.08 bits per heavy atom. The molecule has 9 heteroatoms. The Bertz CT molecular complexity index is 742. The second kappa shape index (κ2) is 7.59. The van der Waals surface area contributed by atoms with Crippen molar-refractivity contribution in [2.45, 2.75) is 4.90 Å². The molecule has 0 unspecified atom stereocenters. The minimum absolute atomic E-state index is 0.00201. The molecule has 2 heterocycles. The van der Waals surface area contributed by atoms with Gasteiger partial charge in [0.05, 0.1) is 18.2 Å². The summed E-state index contributed by atoms with van der Waals surface area (Å²) in [5, 5.41) is 0.137. The van der Waals surface area contributed by atoms with Gasteiger partial charge in [-0.15, -0.1) is 0 Å². The number of ether oxygens (including phenoxy) is 1. The molecule has 1 aromatic carbocycles. The van der Waals surface area contributed by atoms with E-state index in [2.05, 4.69) is 4.90 Å². The standard InChI is InChI=1S/C16H22ClN3O4S/c1-18-4-6-20(7-5-18)25(22,23)15-12-13(2-3-14(15)17)16(21)19-8-10-24-11-9-19/h2-3,12H,4-11H2,1H3. The van der Waals surface area contributed by atoms with Crippen LogP contribution in [0.5, 0.6) is 0 Å². The van der Waals surface area contributed by atoms with E-state index in [1.54, 1.807) is 11.0 Å². The molecule has 2 aliphatic rings. The molecule has 7 nitrogen and oxygen atoms in total. The SMILES string of the molecule is CN1CCN(S(=O)(=O)c2cc(C(=O)N3CCOCC3)ccc2Cl)CC1. The number of halogens is 1. The van der Waals surface area contributed by atoms with Crippen molar-refractivity contribution in [3.05, 3.63) is 28.8 Å². The summed E-state index contributed by atoms with van der Waals surface area (Å²) in [5.74, 6) is -0.199. The normalized spacial score (nSPS) is 20.6. The number of amides is 1. The molecule has 0 radical (unpaired) electrons. The second-order valence-corrected chi connectivity index (χ2v) is 8.57. The van der Waals surface area contributed by atoms with Crippen LogP contribution in [0.1, 0.15) is 10.4 Å². The number of carbonyl (C=O) groups is 1. The minimum atomic E-state index is -3.72. The number of morpholine rings is 1. The largest absolute Gasteiger partial charge is 0.378 e. The molecule has 0 saturated carbocycles. The van der Waals surface area contributed by atoms with Gasteiger partial charge in [-0.3, -0.25) is 4.79 Å². The quantitative estimate of drug-likeness (QED) is 0.765. The molecule has 25 heavy (non-hydrogen) atoms. The van der Waals surface area contributed by atoms with Crippen LogP contribution < -0.4 is 0 Å². The molecule has 0 N–H and O–H groups in total. The van der Waals surface area contributed by atoms with Crippen molar-refractivity contribution in [1.82, 2.24) is 14.1 Å². The van der Waals surface area contributed by atoms with Gasteiger partial charge in [-0.25, -0.2) is 8.42 Å². The highest BCUT2D eigenvalue weighted by atomic mass is 35.5. The van der Waals surface area contributed by atoms with Crippen LogP contribution in [0.3, 0.4) is 0 Å². The second-order valence-electron chi connectivity index (χ2n) is 6.26. The first-order chi connectivity index (χ1) is 11.9. The number of hydrogen-bond acceptors (Lipinski definition) is 5. The van der Waals surface area contributed by atoms with E-state index in [1.165, 1.54) is 16.4 Å². The number of hydrogen-bond donors (Lipinski definition) is 0. The van der Waals surface area contributed by atoms with Gasteiger partial charge in [0, 0.05) is 44.8 Å². The molecule has 2 saturated heterocycles. The zero-order valence-corrected chi connectivity index (χ0v) is 15.7. The average Bonchev–Trinajstić information content (AvgIpc) is 2.62. The van der Waals surface area contributed by atoms with Crippen LogP contribution in [-0.2, 0) is 14.8 Å². The summed E-state index contributed by atoms with van der Waals surface area (Å²) >= 11 is 6.16. The van der Waals surface area contributed by atoms with Crippen LogP contribution in [-0.4, -0.2) is 88.0 Å². The third-order valence-corrected chi connectivity index (χ3v) is 6.94. The van der Waals surface area contributed by atoms with Gasteiger partial charge in [-0.1, -0.05) is 11.6 Å². The van der Waals surface area contributed by atoms with E-state index >= 15 is 0 Å². The lowest BCUT2D eigenvalue weighted by Crippen LogP contribution is -2.47. The first-order valence-electron chi connectivity index (χ1n) is 8.25. The van der Waals surface area contributed by atoms with Gasteiger partial charge in [-0.2, -0.15) is 4.31 Å². The number of likely N-dealkylation sites (N-methyl/N-ethyl adjacent to an activating group) is 1. The lowest BCUT2D eigenvalue weighted by molar-refractivity contribution is 0.0302. The Morgan fingerprint density at radius 3 is 2.36 bits per heavy atom. The summed E-state index contributed by atoms with van der Waals surface area (Å²) in [6, 6.07) is 4.45. The number of rotatable bonds is 3. The van der Waals surface area contributed by atoms with Crippen molar-refractivity contribution >= 4 is 27.5 Å². The molecule has 0 aliphatic carbocycles. The van der Waals surface area contributed by atoms with E-state index in [0.29, 0.717) is 58.0 Å². The molecular weight excluding hydrogens is 366 g/mol.